The molecule has 4 aliphatic rings. The van der Waals surface area contributed by atoms with Gasteiger partial charge in [-0.25, -0.2) is 4.79 Å². The summed E-state index contributed by atoms with van der Waals surface area (Å²) >= 11 is 3.55. The van der Waals surface area contributed by atoms with Crippen LogP contribution in [0, 0.1) is 11.8 Å². The third-order valence-electron chi connectivity index (χ3n) is 5.46. The molecular weight excluding hydrogens is 346 g/mol. The van der Waals surface area contributed by atoms with Crippen LogP contribution < -0.4 is 0 Å². The molecule has 0 spiro atoms. The average molecular weight is 370 g/mol. The number of fused-ring (bicyclic) bond motifs is 1. The number of thioether (sulfide) groups is 2. The first-order valence-electron chi connectivity index (χ1n) is 8.48. The molecule has 6 nitrogen and oxygen atoms in total. The Bertz CT molecular complexity index is 616. The Labute approximate surface area is 150 Å². The van der Waals surface area contributed by atoms with Crippen molar-refractivity contribution in [2.24, 2.45) is 16.8 Å². The Morgan fingerprint density at radius 3 is 2.75 bits per heavy atom. The zero-order chi connectivity index (χ0) is 17.0. The highest BCUT2D eigenvalue weighted by Crippen LogP contribution is 2.51. The number of nitrogens with zero attached hydrogens (tertiary/aromatic N) is 3. The summed E-state index contributed by atoms with van der Waals surface area (Å²) in [5.41, 5.74) is 0.473. The highest BCUT2D eigenvalue weighted by atomic mass is 32.2. The molecular formula is C16H23N3O3S2. The van der Waals surface area contributed by atoms with E-state index in [-0.39, 0.29) is 24.0 Å². The maximum atomic E-state index is 11.8. The highest BCUT2D eigenvalue weighted by Gasteiger charge is 2.54. The van der Waals surface area contributed by atoms with Crippen molar-refractivity contribution >= 4 is 34.7 Å². The van der Waals surface area contributed by atoms with Gasteiger partial charge in [-0.05, 0) is 6.92 Å². The fourth-order valence-electron chi connectivity index (χ4n) is 4.14. The van der Waals surface area contributed by atoms with Gasteiger partial charge in [-0.3, -0.25) is 4.99 Å². The quantitative estimate of drug-likeness (QED) is 0.769. The number of aliphatic carboxylic acids is 1. The van der Waals surface area contributed by atoms with Crippen molar-refractivity contribution in [3.63, 3.8) is 0 Å². The summed E-state index contributed by atoms with van der Waals surface area (Å²) in [5, 5.41) is 21.2. The molecule has 0 radical (unpaired) electrons. The van der Waals surface area contributed by atoms with E-state index in [2.05, 4.69) is 16.8 Å². The number of carboxylic acids is 1. The topological polar surface area (TPSA) is 76.4 Å². The van der Waals surface area contributed by atoms with Crippen LogP contribution >= 0.6 is 23.5 Å². The number of rotatable bonds is 4. The van der Waals surface area contributed by atoms with E-state index in [1.54, 1.807) is 11.8 Å². The van der Waals surface area contributed by atoms with Gasteiger partial charge in [0.25, 0.3) is 0 Å². The predicted octanol–water partition coefficient (Wildman–Crippen LogP) is 1.13. The first-order chi connectivity index (χ1) is 11.5. The Balaban J connectivity index is 1.44. The van der Waals surface area contributed by atoms with E-state index in [1.165, 1.54) is 0 Å². The summed E-state index contributed by atoms with van der Waals surface area (Å²) in [5.74, 6) is 0.603. The Morgan fingerprint density at radius 2 is 2.17 bits per heavy atom. The summed E-state index contributed by atoms with van der Waals surface area (Å²) in [6, 6.07) is 0.143. The Hall–Kier alpha value is -0.860. The van der Waals surface area contributed by atoms with Crippen LogP contribution in [0.4, 0.5) is 0 Å². The van der Waals surface area contributed by atoms with Crippen molar-refractivity contribution < 1.29 is 15.0 Å². The van der Waals surface area contributed by atoms with Gasteiger partial charge in [0.15, 0.2) is 5.17 Å². The summed E-state index contributed by atoms with van der Waals surface area (Å²) in [6.45, 7) is 7.38. The fraction of sp³-hybridized carbons (Fsp3) is 0.750. The molecule has 0 aromatic rings. The van der Waals surface area contributed by atoms with E-state index in [0.717, 1.165) is 35.5 Å². The van der Waals surface area contributed by atoms with Crippen LogP contribution in [0.2, 0.25) is 0 Å². The smallest absolute Gasteiger partial charge is 0.353 e. The molecule has 0 aliphatic carbocycles. The van der Waals surface area contributed by atoms with E-state index < -0.39 is 5.97 Å². The molecule has 132 valence electrons. The largest absolute Gasteiger partial charge is 0.477 e. The van der Waals surface area contributed by atoms with Crippen LogP contribution in [0.1, 0.15) is 13.8 Å². The molecule has 24 heavy (non-hydrogen) atoms. The SMILES string of the molecule is CC(O)C1CN2C(C(=O)O)=C(SC3CN(C4=NCCS4)C3)C(C)C12. The van der Waals surface area contributed by atoms with Gasteiger partial charge in [0.2, 0.25) is 0 Å². The molecule has 0 bridgehead atoms. The van der Waals surface area contributed by atoms with Crippen molar-refractivity contribution in [2.45, 2.75) is 31.2 Å². The molecule has 0 amide bonds. The minimum Gasteiger partial charge on any atom is -0.477 e. The average Bonchev–Trinajstić information content (AvgIpc) is 3.00. The zero-order valence-electron chi connectivity index (χ0n) is 13.9. The molecule has 0 aromatic heterocycles. The van der Waals surface area contributed by atoms with Crippen molar-refractivity contribution in [2.75, 3.05) is 31.9 Å². The number of carbonyl (C=O) groups is 1. The number of amidine groups is 1. The van der Waals surface area contributed by atoms with Crippen LogP contribution in [0.3, 0.4) is 0 Å². The molecule has 4 heterocycles. The Morgan fingerprint density at radius 1 is 1.42 bits per heavy atom. The Kier molecular flexibility index (Phi) is 4.25. The maximum absolute atomic E-state index is 11.8. The second-order valence-corrected chi connectivity index (χ2v) is 9.42. The summed E-state index contributed by atoms with van der Waals surface area (Å²) < 4.78 is 0. The summed E-state index contributed by atoms with van der Waals surface area (Å²) in [6.07, 6.45) is -0.385. The van der Waals surface area contributed by atoms with E-state index in [1.807, 2.05) is 23.6 Å². The first-order valence-corrected chi connectivity index (χ1v) is 10.3. The van der Waals surface area contributed by atoms with Crippen LogP contribution in [-0.4, -0.2) is 80.5 Å². The van der Waals surface area contributed by atoms with Gasteiger partial charge < -0.3 is 20.0 Å². The molecule has 2 N–H and O–H groups in total. The highest BCUT2D eigenvalue weighted by molar-refractivity contribution is 8.14. The summed E-state index contributed by atoms with van der Waals surface area (Å²) in [4.78, 5) is 21.6. The minimum atomic E-state index is -0.831. The van der Waals surface area contributed by atoms with Crippen molar-refractivity contribution in [3.8, 4) is 0 Å². The molecule has 0 aromatic carbocycles. The van der Waals surface area contributed by atoms with E-state index in [4.69, 9.17) is 0 Å². The number of aliphatic imine (C=N–C) groups is 1. The number of hydrogen-bond donors (Lipinski definition) is 2. The van der Waals surface area contributed by atoms with Gasteiger partial charge in [0.1, 0.15) is 5.70 Å². The van der Waals surface area contributed by atoms with Crippen molar-refractivity contribution in [1.29, 1.82) is 0 Å². The minimum absolute atomic E-state index is 0.143. The predicted molar refractivity (Wildman–Crippen MR) is 97.2 cm³/mol. The molecule has 4 unspecified atom stereocenters. The molecule has 4 aliphatic heterocycles. The third-order valence-corrected chi connectivity index (χ3v) is 7.94. The second-order valence-electron chi connectivity index (χ2n) is 7.01. The maximum Gasteiger partial charge on any atom is 0.353 e. The normalized spacial score (nSPS) is 34.0. The van der Waals surface area contributed by atoms with Gasteiger partial charge in [0, 0.05) is 53.4 Å². The van der Waals surface area contributed by atoms with E-state index >= 15 is 0 Å². The second kappa shape index (κ2) is 6.14. The number of hydrogen-bond acceptors (Lipinski definition) is 7. The van der Waals surface area contributed by atoms with Gasteiger partial charge in [-0.15, -0.1) is 11.8 Å². The fourth-order valence-corrected chi connectivity index (χ4v) is 6.55. The number of aliphatic hydroxyl groups excluding tert-OH is 1. The van der Waals surface area contributed by atoms with Crippen LogP contribution in [-0.2, 0) is 4.79 Å². The molecule has 2 saturated heterocycles. The number of likely N-dealkylation sites (tertiary alicyclic amines) is 1. The van der Waals surface area contributed by atoms with Crippen LogP contribution in [0.5, 0.6) is 0 Å². The lowest BCUT2D eigenvalue weighted by Gasteiger charge is -2.49. The third kappa shape index (κ3) is 2.54. The lowest BCUT2D eigenvalue weighted by atomic mass is 9.80. The van der Waals surface area contributed by atoms with Gasteiger partial charge in [-0.2, -0.15) is 0 Å². The lowest BCUT2D eigenvalue weighted by Crippen LogP contribution is -2.59. The van der Waals surface area contributed by atoms with Crippen molar-refractivity contribution in [3.05, 3.63) is 10.6 Å². The standard InChI is InChI=1S/C16H23N3O3S2/c1-8-12-11(9(2)20)7-19(12)13(15(21)22)14(8)24-10-5-18(6-10)16-17-3-4-23-16/h8-12,20H,3-7H2,1-2H3,(H,21,22). The van der Waals surface area contributed by atoms with Gasteiger partial charge in [-0.1, -0.05) is 18.7 Å². The monoisotopic (exact) mass is 369 g/mol. The molecule has 8 heteroatoms. The van der Waals surface area contributed by atoms with Gasteiger partial charge in [0.05, 0.1) is 12.6 Å². The summed E-state index contributed by atoms with van der Waals surface area (Å²) in [7, 11) is 0. The van der Waals surface area contributed by atoms with Crippen molar-refractivity contribution in [1.82, 2.24) is 9.80 Å². The number of aliphatic hydroxyl groups is 1. The number of carboxylic acid groups (broad SMARTS) is 1. The van der Waals surface area contributed by atoms with Crippen LogP contribution in [0.15, 0.2) is 15.6 Å². The first kappa shape index (κ1) is 16.6. The zero-order valence-corrected chi connectivity index (χ0v) is 15.5. The molecule has 4 atom stereocenters. The molecule has 4 rings (SSSR count). The molecule has 0 saturated carbocycles. The van der Waals surface area contributed by atoms with E-state index in [0.29, 0.717) is 17.5 Å². The van der Waals surface area contributed by atoms with Crippen LogP contribution in [0.25, 0.3) is 0 Å². The van der Waals surface area contributed by atoms with E-state index in [9.17, 15) is 15.0 Å². The molecule has 2 fully saturated rings. The van der Waals surface area contributed by atoms with Gasteiger partial charge >= 0.3 is 5.97 Å². The lowest BCUT2D eigenvalue weighted by molar-refractivity contribution is -0.137.